The van der Waals surface area contributed by atoms with E-state index in [9.17, 15) is 4.39 Å². The van der Waals surface area contributed by atoms with Gasteiger partial charge >= 0.3 is 0 Å². The van der Waals surface area contributed by atoms with Crippen molar-refractivity contribution in [2.24, 2.45) is 5.84 Å². The highest BCUT2D eigenvalue weighted by molar-refractivity contribution is 6.31. The number of anilines is 1. The SMILES string of the molecule is NNc1nc(Cc2c(F)cccc2Cl)nc2c1CCCC2. The summed E-state index contributed by atoms with van der Waals surface area (Å²) >= 11 is 6.06. The second-order valence-electron chi connectivity index (χ2n) is 5.14. The number of hydrogen-bond acceptors (Lipinski definition) is 4. The van der Waals surface area contributed by atoms with Crippen molar-refractivity contribution >= 4 is 17.4 Å². The lowest BCUT2D eigenvalue weighted by Gasteiger charge is -2.18. The summed E-state index contributed by atoms with van der Waals surface area (Å²) in [6, 6.07) is 4.64. The van der Waals surface area contributed by atoms with Gasteiger partial charge in [0.1, 0.15) is 17.5 Å². The molecule has 1 aromatic carbocycles. The molecule has 0 atom stereocenters. The molecular weight excluding hydrogens is 291 g/mol. The molecule has 0 spiro atoms. The molecule has 1 heterocycles. The topological polar surface area (TPSA) is 63.8 Å². The third kappa shape index (κ3) is 2.84. The Morgan fingerprint density at radius 2 is 2.05 bits per heavy atom. The van der Waals surface area contributed by atoms with Gasteiger partial charge < -0.3 is 5.43 Å². The molecule has 0 saturated heterocycles. The van der Waals surface area contributed by atoms with Crippen LogP contribution in [0.4, 0.5) is 10.2 Å². The zero-order valence-corrected chi connectivity index (χ0v) is 12.3. The zero-order chi connectivity index (χ0) is 14.8. The van der Waals surface area contributed by atoms with Crippen molar-refractivity contribution in [2.45, 2.75) is 32.1 Å². The fourth-order valence-electron chi connectivity index (χ4n) is 2.70. The van der Waals surface area contributed by atoms with Crippen molar-refractivity contribution in [1.82, 2.24) is 9.97 Å². The molecule has 0 bridgehead atoms. The van der Waals surface area contributed by atoms with Crippen molar-refractivity contribution in [3.8, 4) is 0 Å². The Balaban J connectivity index is 1.99. The predicted molar refractivity (Wildman–Crippen MR) is 80.7 cm³/mol. The van der Waals surface area contributed by atoms with Gasteiger partial charge in [-0.2, -0.15) is 0 Å². The van der Waals surface area contributed by atoms with Crippen LogP contribution in [0, 0.1) is 5.82 Å². The first-order valence-electron chi connectivity index (χ1n) is 6.97. The van der Waals surface area contributed by atoms with Crippen LogP contribution in [-0.4, -0.2) is 9.97 Å². The summed E-state index contributed by atoms with van der Waals surface area (Å²) in [5.41, 5.74) is 5.13. The highest BCUT2D eigenvalue weighted by Crippen LogP contribution is 2.27. The maximum absolute atomic E-state index is 13.9. The monoisotopic (exact) mass is 306 g/mol. The molecule has 1 aliphatic carbocycles. The molecular formula is C15H16ClFN4. The average Bonchev–Trinajstić information content (AvgIpc) is 2.50. The molecule has 1 aromatic heterocycles. The lowest BCUT2D eigenvalue weighted by Crippen LogP contribution is -2.18. The number of benzene rings is 1. The molecule has 21 heavy (non-hydrogen) atoms. The quantitative estimate of drug-likeness (QED) is 0.676. The summed E-state index contributed by atoms with van der Waals surface area (Å²) < 4.78 is 13.9. The van der Waals surface area contributed by atoms with E-state index in [-0.39, 0.29) is 12.2 Å². The Bertz CT molecular complexity index is 637. The number of rotatable bonds is 3. The molecule has 3 rings (SSSR count). The fraction of sp³-hybridized carbons (Fsp3) is 0.333. The molecule has 6 heteroatoms. The van der Waals surface area contributed by atoms with Crippen LogP contribution in [0.25, 0.3) is 0 Å². The van der Waals surface area contributed by atoms with Crippen molar-refractivity contribution in [1.29, 1.82) is 0 Å². The Hall–Kier alpha value is -1.72. The molecule has 0 radical (unpaired) electrons. The minimum atomic E-state index is -0.342. The number of hydrazine groups is 1. The van der Waals surface area contributed by atoms with Crippen molar-refractivity contribution in [3.05, 3.63) is 51.7 Å². The van der Waals surface area contributed by atoms with E-state index in [0.29, 0.717) is 22.2 Å². The van der Waals surface area contributed by atoms with E-state index in [1.54, 1.807) is 12.1 Å². The number of halogens is 2. The lowest BCUT2D eigenvalue weighted by atomic mass is 9.96. The van der Waals surface area contributed by atoms with Gasteiger partial charge in [-0.1, -0.05) is 17.7 Å². The standard InChI is InChI=1S/C15H16ClFN4/c16-11-5-3-6-12(17)10(11)8-14-19-13-7-2-1-4-9(13)15(20-14)21-18/h3,5-6H,1-2,4,7-8,18H2,(H,19,20,21). The minimum absolute atomic E-state index is 0.257. The summed E-state index contributed by atoms with van der Waals surface area (Å²) in [5, 5.41) is 0.388. The summed E-state index contributed by atoms with van der Waals surface area (Å²) in [6.07, 6.45) is 4.31. The van der Waals surface area contributed by atoms with Crippen LogP contribution < -0.4 is 11.3 Å². The second kappa shape index (κ2) is 5.95. The van der Waals surface area contributed by atoms with Crippen LogP contribution in [0.2, 0.25) is 5.02 Å². The van der Waals surface area contributed by atoms with Crippen molar-refractivity contribution < 1.29 is 4.39 Å². The Morgan fingerprint density at radius 3 is 2.81 bits per heavy atom. The third-order valence-electron chi connectivity index (χ3n) is 3.76. The molecule has 0 amide bonds. The summed E-state index contributed by atoms with van der Waals surface area (Å²) in [4.78, 5) is 8.98. The minimum Gasteiger partial charge on any atom is -0.308 e. The number of hydrogen-bond donors (Lipinski definition) is 2. The van der Waals surface area contributed by atoms with Gasteiger partial charge in [-0.15, -0.1) is 0 Å². The van der Waals surface area contributed by atoms with Crippen LogP contribution in [0.1, 0.15) is 35.5 Å². The number of nitrogens with one attached hydrogen (secondary N) is 1. The maximum Gasteiger partial charge on any atom is 0.147 e. The van der Waals surface area contributed by atoms with E-state index in [0.717, 1.165) is 36.9 Å². The van der Waals surface area contributed by atoms with Gasteiger partial charge in [0.05, 0.1) is 0 Å². The Kier molecular flexibility index (Phi) is 4.03. The van der Waals surface area contributed by atoms with E-state index in [4.69, 9.17) is 17.4 Å². The number of nitrogens with zero attached hydrogens (tertiary/aromatic N) is 2. The van der Waals surface area contributed by atoms with E-state index < -0.39 is 0 Å². The maximum atomic E-state index is 13.9. The second-order valence-corrected chi connectivity index (χ2v) is 5.55. The normalized spacial score (nSPS) is 13.9. The largest absolute Gasteiger partial charge is 0.308 e. The summed E-state index contributed by atoms with van der Waals surface area (Å²) in [5.74, 6) is 6.39. The molecule has 4 nitrogen and oxygen atoms in total. The molecule has 0 fully saturated rings. The molecule has 1 aliphatic rings. The van der Waals surface area contributed by atoms with Gasteiger partial charge in [0.2, 0.25) is 0 Å². The first-order valence-corrected chi connectivity index (χ1v) is 7.35. The zero-order valence-electron chi connectivity index (χ0n) is 11.5. The third-order valence-corrected chi connectivity index (χ3v) is 4.12. The van der Waals surface area contributed by atoms with Crippen LogP contribution in [-0.2, 0) is 19.3 Å². The van der Waals surface area contributed by atoms with Gasteiger partial charge in [0.25, 0.3) is 0 Å². The van der Waals surface area contributed by atoms with E-state index >= 15 is 0 Å². The molecule has 2 aromatic rings. The molecule has 3 N–H and O–H groups in total. The van der Waals surface area contributed by atoms with Crippen LogP contribution in [0.5, 0.6) is 0 Å². The Labute approximate surface area is 127 Å². The lowest BCUT2D eigenvalue weighted by molar-refractivity contribution is 0.610. The number of nitrogen functional groups attached to an aromatic ring is 1. The average molecular weight is 307 g/mol. The fourth-order valence-corrected chi connectivity index (χ4v) is 2.93. The van der Waals surface area contributed by atoms with Crippen LogP contribution >= 0.6 is 11.6 Å². The molecule has 0 unspecified atom stereocenters. The smallest absolute Gasteiger partial charge is 0.147 e. The molecule has 110 valence electrons. The molecule has 0 aliphatic heterocycles. The van der Waals surface area contributed by atoms with Gasteiger partial charge in [0, 0.05) is 28.3 Å². The van der Waals surface area contributed by atoms with Gasteiger partial charge in [-0.05, 0) is 37.8 Å². The van der Waals surface area contributed by atoms with Gasteiger partial charge in [-0.3, -0.25) is 0 Å². The molecule has 0 saturated carbocycles. The summed E-state index contributed by atoms with van der Waals surface area (Å²) in [7, 11) is 0. The van der Waals surface area contributed by atoms with Crippen LogP contribution in [0.3, 0.4) is 0 Å². The number of aryl methyl sites for hydroxylation is 1. The first kappa shape index (κ1) is 14.2. The van der Waals surface area contributed by atoms with Crippen LogP contribution in [0.15, 0.2) is 18.2 Å². The summed E-state index contributed by atoms with van der Waals surface area (Å²) in [6.45, 7) is 0. The Morgan fingerprint density at radius 1 is 1.24 bits per heavy atom. The van der Waals surface area contributed by atoms with Crippen molar-refractivity contribution in [2.75, 3.05) is 5.43 Å². The highest BCUT2D eigenvalue weighted by Gasteiger charge is 2.18. The van der Waals surface area contributed by atoms with Crippen molar-refractivity contribution in [3.63, 3.8) is 0 Å². The van der Waals surface area contributed by atoms with E-state index in [1.165, 1.54) is 6.07 Å². The highest BCUT2D eigenvalue weighted by atomic mass is 35.5. The first-order chi connectivity index (χ1) is 10.2. The van der Waals surface area contributed by atoms with Gasteiger partial charge in [0.15, 0.2) is 0 Å². The predicted octanol–water partition coefficient (Wildman–Crippen LogP) is 3.02. The van der Waals surface area contributed by atoms with E-state index in [2.05, 4.69) is 15.4 Å². The number of aromatic nitrogens is 2. The number of fused-ring (bicyclic) bond motifs is 1. The number of nitrogens with two attached hydrogens (primary N) is 1. The van der Waals surface area contributed by atoms with Gasteiger partial charge in [-0.25, -0.2) is 20.2 Å². The van der Waals surface area contributed by atoms with E-state index in [1.807, 2.05) is 0 Å².